The molecule has 0 bridgehead atoms. The monoisotopic (exact) mass is 364 g/mol. The molecule has 0 atom stereocenters. The van der Waals surface area contributed by atoms with E-state index in [2.05, 4.69) is 28.7 Å². The van der Waals surface area contributed by atoms with E-state index in [1.54, 1.807) is 0 Å². The number of nitriles is 1. The van der Waals surface area contributed by atoms with E-state index in [4.69, 9.17) is 5.26 Å². The Morgan fingerprint density at radius 2 is 2.00 bits per heavy atom. The molecule has 7 heteroatoms. The summed E-state index contributed by atoms with van der Waals surface area (Å²) in [4.78, 5) is 2.46. The van der Waals surface area contributed by atoms with Crippen molar-refractivity contribution in [2.45, 2.75) is 39.3 Å². The van der Waals surface area contributed by atoms with E-state index >= 15 is 0 Å². The van der Waals surface area contributed by atoms with Crippen LogP contribution in [0.15, 0.2) is 24.3 Å². The van der Waals surface area contributed by atoms with Crippen LogP contribution in [0.25, 0.3) is 0 Å². The Morgan fingerprint density at radius 3 is 2.68 bits per heavy atom. The van der Waals surface area contributed by atoms with Gasteiger partial charge in [-0.05, 0) is 43.0 Å². The molecular formula is C18H28N4O2S. The van der Waals surface area contributed by atoms with Crippen LogP contribution in [0, 0.1) is 17.2 Å². The maximum Gasteiger partial charge on any atom is 0.279 e. The van der Waals surface area contributed by atoms with Crippen molar-refractivity contribution in [2.24, 2.45) is 5.92 Å². The molecular weight excluding hydrogens is 336 g/mol. The molecule has 1 aliphatic heterocycles. The third kappa shape index (κ3) is 6.40. The van der Waals surface area contributed by atoms with Crippen LogP contribution in [0.5, 0.6) is 0 Å². The van der Waals surface area contributed by atoms with Crippen molar-refractivity contribution < 1.29 is 8.42 Å². The number of nitrogens with zero attached hydrogens (tertiary/aromatic N) is 3. The number of piperidine rings is 1. The molecule has 6 nitrogen and oxygen atoms in total. The second-order valence-corrected chi connectivity index (χ2v) is 8.70. The van der Waals surface area contributed by atoms with E-state index in [9.17, 15) is 8.42 Å². The van der Waals surface area contributed by atoms with Gasteiger partial charge in [-0.2, -0.15) is 22.7 Å². The normalized spacial score (nSPS) is 16.9. The molecule has 1 heterocycles. The quantitative estimate of drug-likeness (QED) is 0.766. The molecule has 0 unspecified atom stereocenters. The van der Waals surface area contributed by atoms with Gasteiger partial charge in [-0.3, -0.25) is 4.90 Å². The highest BCUT2D eigenvalue weighted by Crippen LogP contribution is 2.18. The fourth-order valence-corrected chi connectivity index (χ4v) is 3.83. The maximum absolute atomic E-state index is 12.1. The fraction of sp³-hybridized carbons (Fsp3) is 0.611. The average molecular weight is 365 g/mol. The van der Waals surface area contributed by atoms with Crippen LogP contribution >= 0.6 is 0 Å². The zero-order valence-electron chi connectivity index (χ0n) is 15.1. The minimum absolute atomic E-state index is 0.182. The molecule has 1 saturated heterocycles. The Labute approximate surface area is 151 Å². The molecule has 1 aromatic rings. The van der Waals surface area contributed by atoms with Gasteiger partial charge in [-0.1, -0.05) is 31.2 Å². The van der Waals surface area contributed by atoms with Gasteiger partial charge in [0.05, 0.1) is 6.07 Å². The highest BCUT2D eigenvalue weighted by atomic mass is 32.2. The van der Waals surface area contributed by atoms with Crippen LogP contribution in [0.1, 0.15) is 37.3 Å². The number of benzene rings is 1. The second-order valence-electron chi connectivity index (χ2n) is 6.83. The van der Waals surface area contributed by atoms with Gasteiger partial charge < -0.3 is 0 Å². The molecule has 2 rings (SSSR count). The molecule has 1 aromatic carbocycles. The summed E-state index contributed by atoms with van der Waals surface area (Å²) in [5.74, 6) is 0.815. The van der Waals surface area contributed by atoms with Crippen molar-refractivity contribution in [3.63, 3.8) is 0 Å². The van der Waals surface area contributed by atoms with E-state index in [-0.39, 0.29) is 19.5 Å². The van der Waals surface area contributed by atoms with Crippen molar-refractivity contribution >= 4 is 10.2 Å². The Balaban J connectivity index is 1.89. The van der Waals surface area contributed by atoms with Crippen LogP contribution in [0.2, 0.25) is 0 Å². The number of likely N-dealkylation sites (tertiary alicyclic amines) is 1. The SMILES string of the molecule is CC1CCN(Cc2cccc(CNS(=O)(=O)N(C)CCC#N)c2)CC1. The van der Waals surface area contributed by atoms with Crippen LogP contribution in [-0.4, -0.2) is 44.3 Å². The predicted octanol–water partition coefficient (Wildman–Crippen LogP) is 2.10. The lowest BCUT2D eigenvalue weighted by molar-refractivity contribution is 0.185. The lowest BCUT2D eigenvalue weighted by Gasteiger charge is -2.30. The van der Waals surface area contributed by atoms with Crippen LogP contribution in [0.3, 0.4) is 0 Å². The van der Waals surface area contributed by atoms with Crippen molar-refractivity contribution in [3.8, 4) is 6.07 Å². The van der Waals surface area contributed by atoms with E-state index < -0.39 is 10.2 Å². The number of nitrogens with one attached hydrogen (secondary N) is 1. The summed E-state index contributed by atoms with van der Waals surface area (Å²) in [6.07, 6.45) is 2.67. The number of rotatable bonds is 8. The number of hydrogen-bond donors (Lipinski definition) is 1. The molecule has 0 aromatic heterocycles. The lowest BCUT2D eigenvalue weighted by atomic mass is 9.98. The zero-order chi connectivity index (χ0) is 18.3. The zero-order valence-corrected chi connectivity index (χ0v) is 15.9. The van der Waals surface area contributed by atoms with E-state index in [0.29, 0.717) is 0 Å². The lowest BCUT2D eigenvalue weighted by Crippen LogP contribution is -2.38. The van der Waals surface area contributed by atoms with Gasteiger partial charge in [0.15, 0.2) is 0 Å². The molecule has 138 valence electrons. The van der Waals surface area contributed by atoms with Gasteiger partial charge in [-0.25, -0.2) is 0 Å². The average Bonchev–Trinajstić information content (AvgIpc) is 2.60. The molecule has 25 heavy (non-hydrogen) atoms. The maximum atomic E-state index is 12.1. The van der Waals surface area contributed by atoms with Crippen molar-refractivity contribution in [3.05, 3.63) is 35.4 Å². The first-order valence-electron chi connectivity index (χ1n) is 8.79. The van der Waals surface area contributed by atoms with Crippen molar-refractivity contribution in [1.82, 2.24) is 13.9 Å². The molecule has 1 aliphatic rings. The van der Waals surface area contributed by atoms with Crippen molar-refractivity contribution in [1.29, 1.82) is 5.26 Å². The van der Waals surface area contributed by atoms with Gasteiger partial charge in [0.2, 0.25) is 0 Å². The smallest absolute Gasteiger partial charge is 0.279 e. The first-order chi connectivity index (χ1) is 11.9. The molecule has 0 aliphatic carbocycles. The first-order valence-corrected chi connectivity index (χ1v) is 10.2. The molecule has 0 spiro atoms. The third-order valence-corrected chi connectivity index (χ3v) is 6.19. The Hall–Kier alpha value is -1.46. The second kappa shape index (κ2) is 9.30. The minimum atomic E-state index is -3.56. The van der Waals surface area contributed by atoms with Gasteiger partial charge in [0.25, 0.3) is 10.2 Å². The van der Waals surface area contributed by atoms with Gasteiger partial charge in [0, 0.05) is 33.1 Å². The number of hydrogen-bond acceptors (Lipinski definition) is 4. The molecule has 0 radical (unpaired) electrons. The van der Waals surface area contributed by atoms with E-state index in [1.165, 1.54) is 29.8 Å². The minimum Gasteiger partial charge on any atom is -0.299 e. The van der Waals surface area contributed by atoms with E-state index in [0.717, 1.165) is 31.1 Å². The summed E-state index contributed by atoms with van der Waals surface area (Å²) < 4.78 is 28.1. The summed E-state index contributed by atoms with van der Waals surface area (Å²) >= 11 is 0. The Bertz CT molecular complexity index is 691. The summed E-state index contributed by atoms with van der Waals surface area (Å²) in [6.45, 7) is 5.92. The summed E-state index contributed by atoms with van der Waals surface area (Å²) in [6, 6.07) is 10.0. The topological polar surface area (TPSA) is 76.4 Å². The van der Waals surface area contributed by atoms with Crippen LogP contribution < -0.4 is 4.72 Å². The Morgan fingerprint density at radius 1 is 1.32 bits per heavy atom. The Kier molecular flexibility index (Phi) is 7.38. The predicted molar refractivity (Wildman–Crippen MR) is 98.7 cm³/mol. The third-order valence-electron chi connectivity index (χ3n) is 4.68. The molecule has 0 saturated carbocycles. The van der Waals surface area contributed by atoms with Crippen LogP contribution in [0.4, 0.5) is 0 Å². The summed E-state index contributed by atoms with van der Waals surface area (Å²) in [7, 11) is -2.08. The van der Waals surface area contributed by atoms with Gasteiger partial charge in [0.1, 0.15) is 0 Å². The van der Waals surface area contributed by atoms with E-state index in [1.807, 2.05) is 18.2 Å². The van der Waals surface area contributed by atoms with Gasteiger partial charge in [-0.15, -0.1) is 0 Å². The molecule has 1 N–H and O–H groups in total. The van der Waals surface area contributed by atoms with Crippen molar-refractivity contribution in [2.75, 3.05) is 26.7 Å². The summed E-state index contributed by atoms with van der Waals surface area (Å²) in [5.41, 5.74) is 2.16. The van der Waals surface area contributed by atoms with Crippen LogP contribution in [-0.2, 0) is 23.3 Å². The fourth-order valence-electron chi connectivity index (χ4n) is 2.93. The van der Waals surface area contributed by atoms with Gasteiger partial charge >= 0.3 is 0 Å². The first kappa shape index (κ1) is 19.9. The highest BCUT2D eigenvalue weighted by molar-refractivity contribution is 7.87. The molecule has 1 fully saturated rings. The highest BCUT2D eigenvalue weighted by Gasteiger charge is 2.17. The largest absolute Gasteiger partial charge is 0.299 e. The molecule has 0 amide bonds. The summed E-state index contributed by atoms with van der Waals surface area (Å²) in [5, 5.41) is 8.57. The standard InChI is InChI=1S/C18H28N4O2S/c1-16-7-11-22(12-8-16)15-18-6-3-5-17(13-18)14-20-25(23,24)21(2)10-4-9-19/h3,5-6,13,16,20H,4,7-8,10-12,14-15H2,1-2H3.